The highest BCUT2D eigenvalue weighted by Gasteiger charge is 2.52. The van der Waals surface area contributed by atoms with Crippen molar-refractivity contribution in [1.82, 2.24) is 5.32 Å². The number of nitrogens with one attached hydrogen (secondary N) is 1. The van der Waals surface area contributed by atoms with Crippen LogP contribution in [0.25, 0.3) is 0 Å². The van der Waals surface area contributed by atoms with Gasteiger partial charge in [-0.2, -0.15) is 0 Å². The molecule has 2 aromatic carbocycles. The zero-order chi connectivity index (χ0) is 36.8. The number of carbonyl (C=O) groups is 5. The van der Waals surface area contributed by atoms with Crippen molar-refractivity contribution in [3.8, 4) is 5.75 Å². The van der Waals surface area contributed by atoms with Crippen molar-refractivity contribution in [3.63, 3.8) is 0 Å². The summed E-state index contributed by atoms with van der Waals surface area (Å²) in [6.07, 6.45) is -8.13. The maximum absolute atomic E-state index is 15.6. The second kappa shape index (κ2) is 20.0. The summed E-state index contributed by atoms with van der Waals surface area (Å²) in [6, 6.07) is 13.4. The van der Waals surface area contributed by atoms with E-state index in [0.717, 1.165) is 32.0 Å². The highest BCUT2D eigenvalue weighted by Crippen LogP contribution is 2.31. The van der Waals surface area contributed by atoms with Gasteiger partial charge in [-0.3, -0.25) is 24.0 Å². The summed E-state index contributed by atoms with van der Waals surface area (Å²) >= 11 is 11.8. The van der Waals surface area contributed by atoms with Gasteiger partial charge in [0.25, 0.3) is 0 Å². The molecule has 1 saturated heterocycles. The SMILES string of the molecule is CC(=O)OC[C@H]1O[C@@H](Oc2ccc(C(=O)C(N)NC(=O)CCCc3ccc(N(CCCl)CCCl)cc3)cc2)[C@H](F)[C@@H](OC(C)=O)[C@@H]1OC(C)=O. The fraction of sp³-hybridized carbons (Fsp3) is 0.500. The molecule has 0 saturated carbocycles. The molecule has 0 spiro atoms. The summed E-state index contributed by atoms with van der Waals surface area (Å²) in [6.45, 7) is 4.18. The Hall–Kier alpha value is -3.98. The van der Waals surface area contributed by atoms with E-state index in [-0.39, 0.29) is 23.6 Å². The third-order valence-electron chi connectivity index (χ3n) is 7.50. The Kier molecular flexibility index (Phi) is 16.2. The van der Waals surface area contributed by atoms with Crippen LogP contribution in [0.4, 0.5) is 10.1 Å². The maximum atomic E-state index is 15.6. The van der Waals surface area contributed by atoms with E-state index >= 15 is 4.39 Å². The van der Waals surface area contributed by atoms with Crippen molar-refractivity contribution < 1.29 is 52.0 Å². The minimum atomic E-state index is -2.13. The van der Waals surface area contributed by atoms with Gasteiger partial charge in [-0.05, 0) is 54.8 Å². The molecular formula is C34H42Cl2FN3O10. The van der Waals surface area contributed by atoms with E-state index < -0.39 is 67.2 Å². The number of nitrogens with zero attached hydrogens (tertiary/aromatic N) is 1. The van der Waals surface area contributed by atoms with Gasteiger partial charge in [0.15, 0.2) is 18.0 Å². The van der Waals surface area contributed by atoms with Gasteiger partial charge in [0.2, 0.25) is 18.4 Å². The molecule has 0 radical (unpaired) electrons. The van der Waals surface area contributed by atoms with E-state index in [9.17, 15) is 24.0 Å². The number of ketones is 1. The Bertz CT molecular complexity index is 1440. The first-order chi connectivity index (χ1) is 23.8. The number of anilines is 1. The van der Waals surface area contributed by atoms with Crippen LogP contribution in [0.2, 0.25) is 0 Å². The molecule has 274 valence electrons. The molecule has 0 bridgehead atoms. The summed E-state index contributed by atoms with van der Waals surface area (Å²) in [5, 5.41) is 2.51. The van der Waals surface area contributed by atoms with Crippen molar-refractivity contribution in [1.29, 1.82) is 0 Å². The fourth-order valence-corrected chi connectivity index (χ4v) is 5.59. The van der Waals surface area contributed by atoms with Gasteiger partial charge in [0.1, 0.15) is 24.6 Å². The summed E-state index contributed by atoms with van der Waals surface area (Å²) in [7, 11) is 0. The number of esters is 3. The quantitative estimate of drug-likeness (QED) is 0.0751. The zero-order valence-electron chi connectivity index (χ0n) is 28.0. The standard InChI is InChI=1S/C34H42Cl2FN3O10/c1-20(41)46-19-27-31(47-21(2)42)32(48-22(3)43)29(37)34(50-27)49-26-13-9-24(10-14-26)30(45)33(38)39-28(44)6-4-5-23-7-11-25(12-8-23)40(17-15-35)18-16-36/h7-14,27,29,31-34H,4-6,15-19,38H2,1-3H3,(H,39,44)/t27-,29-,31-,32-,33?,34-/m1/s1. The molecule has 50 heavy (non-hydrogen) atoms. The van der Waals surface area contributed by atoms with Crippen LogP contribution in [-0.2, 0) is 44.5 Å². The molecule has 3 rings (SSSR count). The number of nitrogens with two attached hydrogens (primary N) is 1. The summed E-state index contributed by atoms with van der Waals surface area (Å²) < 4.78 is 42.1. The maximum Gasteiger partial charge on any atom is 0.303 e. The van der Waals surface area contributed by atoms with Gasteiger partial charge in [-0.1, -0.05) is 12.1 Å². The third-order valence-corrected chi connectivity index (χ3v) is 7.84. The molecule has 1 unspecified atom stereocenters. The summed E-state index contributed by atoms with van der Waals surface area (Å²) in [4.78, 5) is 62.4. The number of aryl methyl sites for hydroxylation is 1. The normalized spacial score (nSPS) is 20.6. The largest absolute Gasteiger partial charge is 0.463 e. The van der Waals surface area contributed by atoms with E-state index in [2.05, 4.69) is 10.2 Å². The van der Waals surface area contributed by atoms with Gasteiger partial charge in [-0.25, -0.2) is 4.39 Å². The van der Waals surface area contributed by atoms with Crippen molar-refractivity contribution in [2.24, 2.45) is 5.73 Å². The Morgan fingerprint density at radius 1 is 0.900 bits per heavy atom. The Morgan fingerprint density at radius 2 is 1.50 bits per heavy atom. The zero-order valence-corrected chi connectivity index (χ0v) is 29.5. The van der Waals surface area contributed by atoms with Crippen molar-refractivity contribution in [2.45, 2.75) is 77.0 Å². The van der Waals surface area contributed by atoms with Gasteiger partial charge in [0.05, 0.1) is 0 Å². The average molecular weight is 743 g/mol. The number of rotatable bonds is 18. The number of carbonyl (C=O) groups excluding carboxylic acids is 5. The van der Waals surface area contributed by atoms with Crippen molar-refractivity contribution in [3.05, 3.63) is 59.7 Å². The smallest absolute Gasteiger partial charge is 0.303 e. The lowest BCUT2D eigenvalue weighted by Gasteiger charge is -2.41. The molecule has 6 atom stereocenters. The molecule has 1 heterocycles. The van der Waals surface area contributed by atoms with Crippen LogP contribution in [0.1, 0.15) is 49.5 Å². The molecule has 1 aliphatic heterocycles. The van der Waals surface area contributed by atoms with E-state index in [1.165, 1.54) is 24.3 Å². The van der Waals surface area contributed by atoms with Gasteiger partial charge >= 0.3 is 17.9 Å². The minimum absolute atomic E-state index is 0.0596. The predicted molar refractivity (Wildman–Crippen MR) is 182 cm³/mol. The van der Waals surface area contributed by atoms with Crippen LogP contribution in [-0.4, -0.2) is 98.0 Å². The number of hydrogen-bond donors (Lipinski definition) is 2. The average Bonchev–Trinajstić information content (AvgIpc) is 3.06. The first kappa shape index (κ1) is 40.4. The Labute approximate surface area is 299 Å². The summed E-state index contributed by atoms with van der Waals surface area (Å²) in [5.74, 6) is -2.27. The Balaban J connectivity index is 1.56. The van der Waals surface area contributed by atoms with Gasteiger partial charge in [-0.15, -0.1) is 23.2 Å². The van der Waals surface area contributed by atoms with Crippen LogP contribution < -0.4 is 20.7 Å². The number of amides is 1. The fourth-order valence-electron chi connectivity index (χ4n) is 5.18. The topological polar surface area (TPSA) is 173 Å². The van der Waals surface area contributed by atoms with Gasteiger partial charge < -0.3 is 39.6 Å². The number of ether oxygens (including phenoxy) is 5. The molecule has 13 nitrogen and oxygen atoms in total. The van der Waals surface area contributed by atoms with E-state index in [4.69, 9.17) is 52.6 Å². The monoisotopic (exact) mass is 741 g/mol. The lowest BCUT2D eigenvalue weighted by atomic mass is 9.99. The van der Waals surface area contributed by atoms with Gasteiger partial charge in [0, 0.05) is 63.3 Å². The van der Waals surface area contributed by atoms with E-state index in [0.29, 0.717) is 37.7 Å². The summed E-state index contributed by atoms with van der Waals surface area (Å²) in [5.41, 5.74) is 8.18. The van der Waals surface area contributed by atoms with Crippen LogP contribution in [0.3, 0.4) is 0 Å². The van der Waals surface area contributed by atoms with Crippen LogP contribution in [0, 0.1) is 0 Å². The minimum Gasteiger partial charge on any atom is -0.463 e. The highest BCUT2D eigenvalue weighted by molar-refractivity contribution is 6.18. The number of hydrogen-bond acceptors (Lipinski definition) is 12. The van der Waals surface area contributed by atoms with E-state index in [1.807, 2.05) is 24.3 Å². The molecule has 16 heteroatoms. The lowest BCUT2D eigenvalue weighted by molar-refractivity contribution is -0.271. The molecule has 0 aliphatic carbocycles. The molecule has 1 amide bonds. The number of halogens is 3. The second-order valence-electron chi connectivity index (χ2n) is 11.4. The molecular weight excluding hydrogens is 700 g/mol. The first-order valence-corrected chi connectivity index (χ1v) is 17.0. The van der Waals surface area contributed by atoms with Crippen LogP contribution >= 0.6 is 23.2 Å². The number of Topliss-reactive ketones (excluding diaryl/α,β-unsaturated/α-hetero) is 1. The molecule has 1 fully saturated rings. The third kappa shape index (κ3) is 12.4. The molecule has 2 aromatic rings. The van der Waals surface area contributed by atoms with Crippen LogP contribution in [0.15, 0.2) is 48.5 Å². The molecule has 0 aromatic heterocycles. The Morgan fingerprint density at radius 3 is 2.06 bits per heavy atom. The highest BCUT2D eigenvalue weighted by atomic mass is 35.5. The molecule has 1 aliphatic rings. The first-order valence-electron chi connectivity index (χ1n) is 15.9. The second-order valence-corrected chi connectivity index (χ2v) is 12.1. The lowest BCUT2D eigenvalue weighted by Crippen LogP contribution is -2.61. The van der Waals surface area contributed by atoms with Crippen LogP contribution in [0.5, 0.6) is 5.75 Å². The predicted octanol–water partition coefficient (Wildman–Crippen LogP) is 3.45. The number of benzene rings is 2. The molecule has 3 N–H and O–H groups in total. The van der Waals surface area contributed by atoms with E-state index in [1.54, 1.807) is 0 Å². The van der Waals surface area contributed by atoms with Crippen molar-refractivity contribution in [2.75, 3.05) is 36.4 Å². The number of alkyl halides is 3. The van der Waals surface area contributed by atoms with Crippen molar-refractivity contribution >= 4 is 58.5 Å².